The first-order chi connectivity index (χ1) is 13.5. The van der Waals surface area contributed by atoms with Crippen molar-refractivity contribution in [2.24, 2.45) is 11.5 Å². The highest BCUT2D eigenvalue weighted by molar-refractivity contribution is 5.45. The minimum Gasteiger partial charge on any atom is -0.454 e. The van der Waals surface area contributed by atoms with Crippen LogP contribution in [0.2, 0.25) is 0 Å². The number of nitrogens with two attached hydrogens (primary N) is 2. The van der Waals surface area contributed by atoms with Gasteiger partial charge in [0.2, 0.25) is 13.6 Å². The molecule has 8 heteroatoms. The molecule has 4 atom stereocenters. The topological polar surface area (TPSA) is 129 Å². The SMILES string of the molecule is N[C@@H](Cc1ccc2c(c1)OCO2)[C@@H](O)[C@H](O)[C@@H](N)Cc1ccc2c(c1)OCO2. The van der Waals surface area contributed by atoms with E-state index in [1.54, 1.807) is 12.1 Å². The van der Waals surface area contributed by atoms with E-state index >= 15 is 0 Å². The molecule has 0 amide bonds. The third-order valence-corrected chi connectivity index (χ3v) is 5.04. The maximum atomic E-state index is 10.5. The van der Waals surface area contributed by atoms with Gasteiger partial charge in [-0.1, -0.05) is 12.1 Å². The molecule has 0 fully saturated rings. The Balaban J connectivity index is 1.35. The van der Waals surface area contributed by atoms with Gasteiger partial charge < -0.3 is 40.6 Å². The Morgan fingerprint density at radius 3 is 1.50 bits per heavy atom. The summed E-state index contributed by atoms with van der Waals surface area (Å²) in [6.07, 6.45) is -1.61. The maximum absolute atomic E-state index is 10.5. The van der Waals surface area contributed by atoms with Crippen molar-refractivity contribution < 1.29 is 29.2 Å². The molecule has 0 aliphatic carbocycles. The van der Waals surface area contributed by atoms with Gasteiger partial charge in [0.1, 0.15) is 0 Å². The summed E-state index contributed by atoms with van der Waals surface area (Å²) in [5, 5.41) is 21.0. The molecular weight excluding hydrogens is 364 g/mol. The van der Waals surface area contributed by atoms with E-state index < -0.39 is 24.3 Å². The summed E-state index contributed by atoms with van der Waals surface area (Å²) in [4.78, 5) is 0. The second kappa shape index (κ2) is 7.84. The Morgan fingerprint density at radius 2 is 1.07 bits per heavy atom. The number of hydrogen-bond acceptors (Lipinski definition) is 8. The molecule has 0 spiro atoms. The smallest absolute Gasteiger partial charge is 0.231 e. The van der Waals surface area contributed by atoms with Gasteiger partial charge in [-0.3, -0.25) is 0 Å². The van der Waals surface area contributed by atoms with E-state index in [1.165, 1.54) is 0 Å². The van der Waals surface area contributed by atoms with Crippen LogP contribution in [-0.4, -0.2) is 48.1 Å². The molecular formula is C20H24N2O6. The molecule has 6 N–H and O–H groups in total. The van der Waals surface area contributed by atoms with Crippen LogP contribution in [0.25, 0.3) is 0 Å². The summed E-state index contributed by atoms with van der Waals surface area (Å²) >= 11 is 0. The summed E-state index contributed by atoms with van der Waals surface area (Å²) in [7, 11) is 0. The van der Waals surface area contributed by atoms with Gasteiger partial charge in [-0.25, -0.2) is 0 Å². The highest BCUT2D eigenvalue weighted by atomic mass is 16.7. The summed E-state index contributed by atoms with van der Waals surface area (Å²) in [5.74, 6) is 2.67. The van der Waals surface area contributed by atoms with E-state index in [0.29, 0.717) is 35.8 Å². The Morgan fingerprint density at radius 1 is 0.679 bits per heavy atom. The Hall–Kier alpha value is -2.52. The number of aliphatic hydroxyl groups excluding tert-OH is 2. The molecule has 4 rings (SSSR count). The zero-order valence-corrected chi connectivity index (χ0v) is 15.3. The van der Waals surface area contributed by atoms with Gasteiger partial charge in [-0.2, -0.15) is 0 Å². The fourth-order valence-electron chi connectivity index (χ4n) is 3.43. The zero-order chi connectivity index (χ0) is 19.7. The normalized spacial score (nSPS) is 18.6. The molecule has 2 aromatic rings. The molecule has 0 aromatic heterocycles. The first kappa shape index (κ1) is 18.8. The quantitative estimate of drug-likeness (QED) is 0.533. The number of fused-ring (bicyclic) bond motifs is 2. The molecule has 8 nitrogen and oxygen atoms in total. The van der Waals surface area contributed by atoms with Gasteiger partial charge in [-0.05, 0) is 48.2 Å². The Labute approximate surface area is 162 Å². The van der Waals surface area contributed by atoms with Crippen LogP contribution in [0, 0.1) is 0 Å². The third kappa shape index (κ3) is 3.85. The summed E-state index contributed by atoms with van der Waals surface area (Å²) < 4.78 is 21.3. The lowest BCUT2D eigenvalue weighted by Crippen LogP contribution is -2.52. The highest BCUT2D eigenvalue weighted by Crippen LogP contribution is 2.34. The molecule has 28 heavy (non-hydrogen) atoms. The van der Waals surface area contributed by atoms with E-state index in [-0.39, 0.29) is 13.6 Å². The largest absolute Gasteiger partial charge is 0.454 e. The molecule has 0 bridgehead atoms. The monoisotopic (exact) mass is 388 g/mol. The predicted molar refractivity (Wildman–Crippen MR) is 101 cm³/mol. The lowest BCUT2D eigenvalue weighted by molar-refractivity contribution is -0.00976. The van der Waals surface area contributed by atoms with Crippen LogP contribution < -0.4 is 30.4 Å². The fraction of sp³-hybridized carbons (Fsp3) is 0.400. The molecule has 2 heterocycles. The van der Waals surface area contributed by atoms with Crippen molar-refractivity contribution in [1.29, 1.82) is 0 Å². The minimum absolute atomic E-state index is 0.195. The van der Waals surface area contributed by atoms with Crippen molar-refractivity contribution in [1.82, 2.24) is 0 Å². The van der Waals surface area contributed by atoms with Crippen LogP contribution in [0.3, 0.4) is 0 Å². The standard InChI is InChI=1S/C20H24N2O6/c21-13(5-11-1-3-15-17(7-11)27-9-25-15)19(23)20(24)14(22)6-12-2-4-16-18(8-12)28-10-26-16/h1-4,7-8,13-14,19-20,23-24H,5-6,9-10,21-22H2/t13-,14-,19+,20+/m0/s1. The number of aliphatic hydroxyl groups is 2. The molecule has 0 saturated heterocycles. The lowest BCUT2D eigenvalue weighted by Gasteiger charge is -2.28. The van der Waals surface area contributed by atoms with Crippen molar-refractivity contribution in [3.8, 4) is 23.0 Å². The maximum Gasteiger partial charge on any atom is 0.231 e. The van der Waals surface area contributed by atoms with Gasteiger partial charge in [0, 0.05) is 12.1 Å². The number of rotatable bonds is 7. The molecule has 2 aliphatic heterocycles. The van der Waals surface area contributed by atoms with Crippen molar-refractivity contribution in [2.45, 2.75) is 37.1 Å². The summed E-state index contributed by atoms with van der Waals surface area (Å²) in [6, 6.07) is 9.62. The van der Waals surface area contributed by atoms with E-state index in [2.05, 4.69) is 0 Å². The van der Waals surface area contributed by atoms with E-state index in [4.69, 9.17) is 30.4 Å². The lowest BCUT2D eigenvalue weighted by atomic mass is 9.92. The van der Waals surface area contributed by atoms with Crippen LogP contribution in [0.4, 0.5) is 0 Å². The van der Waals surface area contributed by atoms with Gasteiger partial charge in [0.05, 0.1) is 12.2 Å². The van der Waals surface area contributed by atoms with Crippen LogP contribution in [0.15, 0.2) is 36.4 Å². The van der Waals surface area contributed by atoms with Gasteiger partial charge in [-0.15, -0.1) is 0 Å². The fourth-order valence-corrected chi connectivity index (χ4v) is 3.43. The first-order valence-corrected chi connectivity index (χ1v) is 9.15. The van der Waals surface area contributed by atoms with Gasteiger partial charge in [0.25, 0.3) is 0 Å². The number of benzene rings is 2. The average Bonchev–Trinajstić information content (AvgIpc) is 3.34. The van der Waals surface area contributed by atoms with E-state index in [1.807, 2.05) is 24.3 Å². The molecule has 0 saturated carbocycles. The zero-order valence-electron chi connectivity index (χ0n) is 15.3. The van der Waals surface area contributed by atoms with Crippen LogP contribution in [0.1, 0.15) is 11.1 Å². The van der Waals surface area contributed by atoms with E-state index in [0.717, 1.165) is 11.1 Å². The number of hydrogen-bond donors (Lipinski definition) is 4. The summed E-state index contributed by atoms with van der Waals surface area (Å²) in [6.45, 7) is 0.391. The minimum atomic E-state index is -1.17. The third-order valence-electron chi connectivity index (χ3n) is 5.04. The Kier molecular flexibility index (Phi) is 5.27. The van der Waals surface area contributed by atoms with Gasteiger partial charge >= 0.3 is 0 Å². The van der Waals surface area contributed by atoms with E-state index in [9.17, 15) is 10.2 Å². The van der Waals surface area contributed by atoms with Crippen molar-refractivity contribution in [3.05, 3.63) is 47.5 Å². The second-order valence-electron chi connectivity index (χ2n) is 7.09. The van der Waals surface area contributed by atoms with Crippen molar-refractivity contribution >= 4 is 0 Å². The van der Waals surface area contributed by atoms with Gasteiger partial charge in [0.15, 0.2) is 23.0 Å². The second-order valence-corrected chi connectivity index (χ2v) is 7.09. The molecule has 2 aromatic carbocycles. The molecule has 0 radical (unpaired) electrons. The van der Waals surface area contributed by atoms with Crippen molar-refractivity contribution in [3.63, 3.8) is 0 Å². The summed E-state index contributed by atoms with van der Waals surface area (Å²) in [5.41, 5.74) is 14.0. The number of ether oxygens (including phenoxy) is 4. The van der Waals surface area contributed by atoms with Crippen LogP contribution in [-0.2, 0) is 12.8 Å². The predicted octanol–water partition coefficient (Wildman–Crippen LogP) is 0.306. The average molecular weight is 388 g/mol. The molecule has 150 valence electrons. The van der Waals surface area contributed by atoms with Crippen molar-refractivity contribution in [2.75, 3.05) is 13.6 Å². The highest BCUT2D eigenvalue weighted by Gasteiger charge is 2.29. The molecule has 2 aliphatic rings. The van der Waals surface area contributed by atoms with Crippen LogP contribution in [0.5, 0.6) is 23.0 Å². The Bertz CT molecular complexity index is 776. The first-order valence-electron chi connectivity index (χ1n) is 9.15. The molecule has 0 unspecified atom stereocenters. The van der Waals surface area contributed by atoms with Crippen LogP contribution >= 0.6 is 0 Å².